The van der Waals surface area contributed by atoms with Gasteiger partial charge >= 0.3 is 11.7 Å². The summed E-state index contributed by atoms with van der Waals surface area (Å²) in [4.78, 5) is 20.8. The Morgan fingerprint density at radius 3 is 2.20 bits per heavy atom. The second-order valence-electron chi connectivity index (χ2n) is 4.72. The lowest BCUT2D eigenvalue weighted by Crippen LogP contribution is -2.14. The fourth-order valence-corrected chi connectivity index (χ4v) is 3.88. The number of carbonyl (C=O) groups is 1. The van der Waals surface area contributed by atoms with Gasteiger partial charge in [0.2, 0.25) is 15.6 Å². The summed E-state index contributed by atoms with van der Waals surface area (Å²) >= 11 is 0. The summed E-state index contributed by atoms with van der Waals surface area (Å²) in [5, 5.41) is 20.9. The zero-order valence-electron chi connectivity index (χ0n) is 13.1. The average Bonchev–Trinajstić information content (AvgIpc) is 2.60. The Balaban J connectivity index is 3.02. The van der Waals surface area contributed by atoms with Gasteiger partial charge in [-0.1, -0.05) is 18.2 Å². The van der Waals surface area contributed by atoms with Gasteiger partial charge in [-0.25, -0.2) is 13.2 Å². The molecular weight excluding hydrogens is 354 g/mol. The van der Waals surface area contributed by atoms with Crippen molar-refractivity contribution in [2.75, 3.05) is 14.2 Å². The number of aromatic carboxylic acids is 1. The van der Waals surface area contributed by atoms with E-state index >= 15 is 0 Å². The van der Waals surface area contributed by atoms with E-state index in [2.05, 4.69) is 0 Å². The van der Waals surface area contributed by atoms with Gasteiger partial charge in [0, 0.05) is 6.07 Å². The van der Waals surface area contributed by atoms with E-state index in [0.717, 1.165) is 20.3 Å². The molecule has 0 heterocycles. The summed E-state index contributed by atoms with van der Waals surface area (Å²) < 4.78 is 35.6. The molecule has 0 fully saturated rings. The van der Waals surface area contributed by atoms with Gasteiger partial charge in [0.05, 0.1) is 29.6 Å². The summed E-state index contributed by atoms with van der Waals surface area (Å²) in [6.07, 6.45) is 0. The number of sulfone groups is 1. The van der Waals surface area contributed by atoms with Crippen molar-refractivity contribution in [2.24, 2.45) is 0 Å². The molecule has 0 radical (unpaired) electrons. The fraction of sp³-hybridized carbons (Fsp3) is 0.133. The molecular formula is C15H13NO8S. The number of carboxylic acid groups (broad SMARTS) is 1. The first-order valence-corrected chi connectivity index (χ1v) is 8.20. The van der Waals surface area contributed by atoms with E-state index in [-0.39, 0.29) is 10.6 Å². The monoisotopic (exact) mass is 367 g/mol. The van der Waals surface area contributed by atoms with Crippen LogP contribution in [-0.4, -0.2) is 38.6 Å². The quantitative estimate of drug-likeness (QED) is 0.606. The molecule has 25 heavy (non-hydrogen) atoms. The number of hydrogen-bond acceptors (Lipinski definition) is 7. The van der Waals surface area contributed by atoms with E-state index in [9.17, 15) is 28.4 Å². The second-order valence-corrected chi connectivity index (χ2v) is 6.60. The Hall–Kier alpha value is -3.14. The molecule has 2 rings (SSSR count). The Bertz CT molecular complexity index is 938. The number of hydrogen-bond donors (Lipinski definition) is 1. The normalized spacial score (nSPS) is 11.0. The van der Waals surface area contributed by atoms with Crippen LogP contribution in [0.4, 0.5) is 5.69 Å². The molecule has 0 unspecified atom stereocenters. The molecule has 10 heteroatoms. The summed E-state index contributed by atoms with van der Waals surface area (Å²) in [7, 11) is -2.27. The molecule has 132 valence electrons. The van der Waals surface area contributed by atoms with Gasteiger partial charge in [0.1, 0.15) is 0 Å². The Morgan fingerprint density at radius 2 is 1.76 bits per heavy atom. The highest BCUT2D eigenvalue weighted by Gasteiger charge is 2.39. The molecule has 0 aliphatic carbocycles. The molecule has 2 aromatic rings. The van der Waals surface area contributed by atoms with Gasteiger partial charge in [-0.3, -0.25) is 10.1 Å². The number of ether oxygens (including phenoxy) is 2. The lowest BCUT2D eigenvalue weighted by atomic mass is 10.1. The number of benzene rings is 2. The van der Waals surface area contributed by atoms with E-state index in [4.69, 9.17) is 9.47 Å². The molecule has 0 aliphatic heterocycles. The van der Waals surface area contributed by atoms with E-state index in [1.54, 1.807) is 6.07 Å². The van der Waals surface area contributed by atoms with Crippen LogP contribution in [0.5, 0.6) is 11.5 Å². The van der Waals surface area contributed by atoms with Crippen molar-refractivity contribution in [3.8, 4) is 11.5 Å². The molecule has 0 aromatic heterocycles. The van der Waals surface area contributed by atoms with Crippen molar-refractivity contribution < 1.29 is 32.7 Å². The van der Waals surface area contributed by atoms with Crippen LogP contribution in [0.25, 0.3) is 0 Å². The molecule has 0 atom stereocenters. The van der Waals surface area contributed by atoms with Gasteiger partial charge in [-0.05, 0) is 12.1 Å². The maximum Gasteiger partial charge on any atom is 0.337 e. The molecule has 2 aromatic carbocycles. The minimum Gasteiger partial charge on any atom is -0.493 e. The molecule has 0 aliphatic rings. The molecule has 0 bridgehead atoms. The van der Waals surface area contributed by atoms with E-state index < -0.39 is 42.6 Å². The van der Waals surface area contributed by atoms with Gasteiger partial charge < -0.3 is 14.6 Å². The van der Waals surface area contributed by atoms with Crippen LogP contribution in [0.15, 0.2) is 46.2 Å². The lowest BCUT2D eigenvalue weighted by molar-refractivity contribution is -0.388. The highest BCUT2D eigenvalue weighted by molar-refractivity contribution is 7.91. The first-order valence-electron chi connectivity index (χ1n) is 6.72. The van der Waals surface area contributed by atoms with Crippen LogP contribution in [0, 0.1) is 10.1 Å². The predicted octanol–water partition coefficient (Wildman–Crippen LogP) is 2.14. The standard InChI is InChI=1S/C15H13NO8S/c1-23-11-8-10(15(17)18)14(12(16(19)20)13(11)24-2)25(21,22)9-6-4-3-5-7-9/h3-8H,1-2H3,(H,17,18). The van der Waals surface area contributed by atoms with Crippen LogP contribution < -0.4 is 9.47 Å². The number of carboxylic acids is 1. The Labute approximate surface area is 142 Å². The SMILES string of the molecule is COc1cc(C(=O)O)c(S(=O)(=O)c2ccccc2)c([N+](=O)[O-])c1OC. The highest BCUT2D eigenvalue weighted by Crippen LogP contribution is 2.45. The van der Waals surface area contributed by atoms with Gasteiger partial charge in [0.15, 0.2) is 10.6 Å². The molecule has 0 saturated carbocycles. The smallest absolute Gasteiger partial charge is 0.337 e. The third-order valence-electron chi connectivity index (χ3n) is 3.33. The first kappa shape index (κ1) is 18.2. The van der Waals surface area contributed by atoms with Crippen molar-refractivity contribution in [2.45, 2.75) is 9.79 Å². The fourth-order valence-electron chi connectivity index (χ4n) is 2.27. The molecule has 0 saturated heterocycles. The number of nitro benzene ring substituents is 1. The highest BCUT2D eigenvalue weighted by atomic mass is 32.2. The van der Waals surface area contributed by atoms with Crippen molar-refractivity contribution in [3.63, 3.8) is 0 Å². The zero-order valence-corrected chi connectivity index (χ0v) is 13.9. The van der Waals surface area contributed by atoms with Crippen molar-refractivity contribution in [3.05, 3.63) is 52.1 Å². The van der Waals surface area contributed by atoms with Crippen molar-refractivity contribution >= 4 is 21.5 Å². The van der Waals surface area contributed by atoms with Crippen LogP contribution >= 0.6 is 0 Å². The summed E-state index contributed by atoms with van der Waals surface area (Å²) in [5.74, 6) is -2.40. The average molecular weight is 367 g/mol. The zero-order chi connectivity index (χ0) is 18.8. The van der Waals surface area contributed by atoms with Crippen molar-refractivity contribution in [1.82, 2.24) is 0 Å². The maximum absolute atomic E-state index is 12.9. The largest absolute Gasteiger partial charge is 0.493 e. The van der Waals surface area contributed by atoms with Gasteiger partial charge in [-0.15, -0.1) is 0 Å². The number of nitro groups is 1. The number of rotatable bonds is 6. The van der Waals surface area contributed by atoms with E-state index in [1.165, 1.54) is 24.3 Å². The second kappa shape index (κ2) is 6.77. The molecule has 9 nitrogen and oxygen atoms in total. The minimum absolute atomic E-state index is 0.265. The number of methoxy groups -OCH3 is 2. The van der Waals surface area contributed by atoms with Gasteiger partial charge in [-0.2, -0.15) is 0 Å². The lowest BCUT2D eigenvalue weighted by Gasteiger charge is -2.14. The molecule has 0 spiro atoms. The van der Waals surface area contributed by atoms with Crippen LogP contribution in [0.3, 0.4) is 0 Å². The molecule has 1 N–H and O–H groups in total. The van der Waals surface area contributed by atoms with Crippen molar-refractivity contribution in [1.29, 1.82) is 0 Å². The molecule has 0 amide bonds. The predicted molar refractivity (Wildman–Crippen MR) is 85.1 cm³/mol. The van der Waals surface area contributed by atoms with Crippen LogP contribution in [-0.2, 0) is 9.84 Å². The summed E-state index contributed by atoms with van der Waals surface area (Å²) in [6.45, 7) is 0. The Morgan fingerprint density at radius 1 is 1.16 bits per heavy atom. The summed E-state index contributed by atoms with van der Waals surface area (Å²) in [6, 6.07) is 7.69. The first-order chi connectivity index (χ1) is 11.8. The van der Waals surface area contributed by atoms with Crippen LogP contribution in [0.1, 0.15) is 10.4 Å². The Kier molecular flexibility index (Phi) is 4.93. The third-order valence-corrected chi connectivity index (χ3v) is 5.18. The van der Waals surface area contributed by atoms with E-state index in [1.807, 2.05) is 0 Å². The topological polar surface area (TPSA) is 133 Å². The van der Waals surface area contributed by atoms with Crippen LogP contribution in [0.2, 0.25) is 0 Å². The van der Waals surface area contributed by atoms with Gasteiger partial charge in [0.25, 0.3) is 0 Å². The number of nitrogens with zero attached hydrogens (tertiary/aromatic N) is 1. The maximum atomic E-state index is 12.9. The summed E-state index contributed by atoms with van der Waals surface area (Å²) in [5.41, 5.74) is -1.78. The van der Waals surface area contributed by atoms with E-state index in [0.29, 0.717) is 0 Å². The third kappa shape index (κ3) is 3.11. The minimum atomic E-state index is -4.51.